The minimum atomic E-state index is 1.00. The summed E-state index contributed by atoms with van der Waals surface area (Å²) in [6.45, 7) is 4.00. The van der Waals surface area contributed by atoms with E-state index in [9.17, 15) is 0 Å². The fourth-order valence-electron chi connectivity index (χ4n) is 3.02. The molecule has 4 rings (SSSR count). The molecule has 4 aromatic rings. The van der Waals surface area contributed by atoms with E-state index in [2.05, 4.69) is 69.5 Å². The zero-order chi connectivity index (χ0) is 17.2. The van der Waals surface area contributed by atoms with Gasteiger partial charge in [0.2, 0.25) is 0 Å². The molecule has 3 nitrogen and oxygen atoms in total. The molecule has 0 saturated heterocycles. The number of pyridine rings is 2. The molecule has 0 aliphatic rings. The van der Waals surface area contributed by atoms with Crippen molar-refractivity contribution in [3.63, 3.8) is 0 Å². The first-order valence-electron chi connectivity index (χ1n) is 8.35. The number of aryl methyl sites for hydroxylation is 2. The van der Waals surface area contributed by atoms with Crippen LogP contribution in [0.3, 0.4) is 0 Å². The van der Waals surface area contributed by atoms with Crippen molar-refractivity contribution in [3.05, 3.63) is 90.5 Å². The van der Waals surface area contributed by atoms with E-state index in [4.69, 9.17) is 0 Å². The highest BCUT2D eigenvalue weighted by atomic mass is 15.2. The molecule has 3 heteroatoms. The maximum Gasteiger partial charge on any atom is 0.0646 e. The lowest BCUT2D eigenvalue weighted by Gasteiger charge is -2.26. The molecule has 0 aliphatic heterocycles. The zero-order valence-electron chi connectivity index (χ0n) is 14.3. The lowest BCUT2D eigenvalue weighted by atomic mass is 10.1. The van der Waals surface area contributed by atoms with Gasteiger partial charge in [-0.2, -0.15) is 0 Å². The van der Waals surface area contributed by atoms with Gasteiger partial charge in [0.1, 0.15) is 0 Å². The van der Waals surface area contributed by atoms with Crippen LogP contribution in [0.25, 0.3) is 10.8 Å². The molecule has 0 atom stereocenters. The highest BCUT2D eigenvalue weighted by Gasteiger charge is 2.15. The van der Waals surface area contributed by atoms with Crippen molar-refractivity contribution in [1.82, 2.24) is 9.97 Å². The van der Waals surface area contributed by atoms with Crippen LogP contribution in [-0.4, -0.2) is 9.97 Å². The normalized spacial score (nSPS) is 10.8. The second kappa shape index (κ2) is 6.36. The van der Waals surface area contributed by atoms with Crippen LogP contribution < -0.4 is 4.90 Å². The van der Waals surface area contributed by atoms with Crippen LogP contribution in [0, 0.1) is 13.8 Å². The summed E-state index contributed by atoms with van der Waals surface area (Å²) < 4.78 is 0. The van der Waals surface area contributed by atoms with Crippen molar-refractivity contribution in [3.8, 4) is 0 Å². The Hall–Kier alpha value is -3.20. The van der Waals surface area contributed by atoms with Gasteiger partial charge in [0.05, 0.1) is 29.5 Å². The van der Waals surface area contributed by atoms with Crippen LogP contribution in [0.4, 0.5) is 17.1 Å². The zero-order valence-corrected chi connectivity index (χ0v) is 14.3. The number of rotatable bonds is 3. The Kier molecular flexibility index (Phi) is 3.90. The van der Waals surface area contributed by atoms with E-state index in [1.807, 2.05) is 38.4 Å². The lowest BCUT2D eigenvalue weighted by molar-refractivity contribution is 1.14. The summed E-state index contributed by atoms with van der Waals surface area (Å²) >= 11 is 0. The lowest BCUT2D eigenvalue weighted by Crippen LogP contribution is -2.11. The molecule has 25 heavy (non-hydrogen) atoms. The molecule has 0 N–H and O–H groups in total. The summed E-state index contributed by atoms with van der Waals surface area (Å²) in [7, 11) is 0. The molecular formula is C22H19N3. The first-order valence-corrected chi connectivity index (χ1v) is 8.35. The van der Waals surface area contributed by atoms with Gasteiger partial charge >= 0.3 is 0 Å². The molecule has 0 unspecified atom stereocenters. The molecule has 0 radical (unpaired) electrons. The fourth-order valence-corrected chi connectivity index (χ4v) is 3.02. The van der Waals surface area contributed by atoms with Crippen molar-refractivity contribution in [2.24, 2.45) is 0 Å². The SMILES string of the molecule is Cc1ccc(N(c2ccc(C)nc2)c2cccc3ccccc23)cn1. The second-order valence-electron chi connectivity index (χ2n) is 6.15. The molecule has 2 heterocycles. The Bertz CT molecular complexity index is 955. The maximum absolute atomic E-state index is 4.49. The highest BCUT2D eigenvalue weighted by molar-refractivity contribution is 5.98. The van der Waals surface area contributed by atoms with Crippen LogP contribution in [0.15, 0.2) is 79.1 Å². The van der Waals surface area contributed by atoms with E-state index in [0.717, 1.165) is 28.5 Å². The van der Waals surface area contributed by atoms with Crippen LogP contribution in [0.2, 0.25) is 0 Å². The largest absolute Gasteiger partial charge is 0.307 e. The van der Waals surface area contributed by atoms with Gasteiger partial charge < -0.3 is 4.90 Å². The van der Waals surface area contributed by atoms with Crippen molar-refractivity contribution < 1.29 is 0 Å². The predicted molar refractivity (Wildman–Crippen MR) is 104 cm³/mol. The van der Waals surface area contributed by atoms with Crippen molar-refractivity contribution >= 4 is 27.8 Å². The van der Waals surface area contributed by atoms with Gasteiger partial charge in [0.25, 0.3) is 0 Å². The summed E-state index contributed by atoms with van der Waals surface area (Å²) in [5.41, 5.74) is 5.17. The molecule has 2 aromatic carbocycles. The molecule has 122 valence electrons. The number of aromatic nitrogens is 2. The quantitative estimate of drug-likeness (QED) is 0.482. The van der Waals surface area contributed by atoms with Crippen molar-refractivity contribution in [1.29, 1.82) is 0 Å². The number of hydrogen-bond acceptors (Lipinski definition) is 3. The summed E-state index contributed by atoms with van der Waals surface area (Å²) in [5, 5.41) is 2.41. The summed E-state index contributed by atoms with van der Waals surface area (Å²) in [6.07, 6.45) is 3.83. The number of benzene rings is 2. The minimum absolute atomic E-state index is 1.00. The fraction of sp³-hybridized carbons (Fsp3) is 0.0909. The van der Waals surface area contributed by atoms with Crippen molar-refractivity contribution in [2.75, 3.05) is 4.90 Å². The van der Waals surface area contributed by atoms with E-state index < -0.39 is 0 Å². The predicted octanol–water partition coefficient (Wildman–Crippen LogP) is 5.72. The van der Waals surface area contributed by atoms with Gasteiger partial charge in [-0.05, 0) is 49.6 Å². The number of nitrogens with zero attached hydrogens (tertiary/aromatic N) is 3. The smallest absolute Gasteiger partial charge is 0.0646 e. The van der Waals surface area contributed by atoms with Crippen LogP contribution in [0.1, 0.15) is 11.4 Å². The highest BCUT2D eigenvalue weighted by Crippen LogP contribution is 2.38. The molecule has 0 bridgehead atoms. The Morgan fingerprint density at radius 1 is 0.640 bits per heavy atom. The Morgan fingerprint density at radius 2 is 1.24 bits per heavy atom. The third kappa shape index (κ3) is 2.96. The standard InChI is InChI=1S/C22H19N3/c1-16-10-12-19(14-23-16)25(20-13-11-17(2)24-15-20)22-9-5-7-18-6-3-4-8-21(18)22/h3-15H,1-2H3. The topological polar surface area (TPSA) is 29.0 Å². The first kappa shape index (κ1) is 15.3. The maximum atomic E-state index is 4.49. The average molecular weight is 325 g/mol. The van der Waals surface area contributed by atoms with E-state index in [1.165, 1.54) is 10.8 Å². The number of fused-ring (bicyclic) bond motifs is 1. The Morgan fingerprint density at radius 3 is 1.84 bits per heavy atom. The van der Waals surface area contributed by atoms with Gasteiger partial charge in [0.15, 0.2) is 0 Å². The summed E-state index contributed by atoms with van der Waals surface area (Å²) in [6, 6.07) is 23.1. The summed E-state index contributed by atoms with van der Waals surface area (Å²) in [5.74, 6) is 0. The van der Waals surface area contributed by atoms with E-state index in [-0.39, 0.29) is 0 Å². The number of hydrogen-bond donors (Lipinski definition) is 0. The molecule has 0 aliphatic carbocycles. The minimum Gasteiger partial charge on any atom is -0.307 e. The monoisotopic (exact) mass is 325 g/mol. The van der Waals surface area contributed by atoms with E-state index in [0.29, 0.717) is 0 Å². The molecular weight excluding hydrogens is 306 g/mol. The first-order chi connectivity index (χ1) is 12.2. The van der Waals surface area contributed by atoms with Gasteiger partial charge in [-0.3, -0.25) is 9.97 Å². The van der Waals surface area contributed by atoms with Gasteiger partial charge in [0, 0.05) is 16.8 Å². The summed E-state index contributed by atoms with van der Waals surface area (Å²) in [4.78, 5) is 11.2. The number of anilines is 3. The molecule has 0 amide bonds. The molecule has 0 fully saturated rings. The van der Waals surface area contributed by atoms with Gasteiger partial charge in [-0.25, -0.2) is 0 Å². The molecule has 2 aromatic heterocycles. The molecule has 0 saturated carbocycles. The molecule has 0 spiro atoms. The van der Waals surface area contributed by atoms with E-state index >= 15 is 0 Å². The Labute approximate surface area is 147 Å². The van der Waals surface area contributed by atoms with Crippen LogP contribution in [-0.2, 0) is 0 Å². The van der Waals surface area contributed by atoms with Crippen LogP contribution >= 0.6 is 0 Å². The average Bonchev–Trinajstić information content (AvgIpc) is 2.65. The third-order valence-electron chi connectivity index (χ3n) is 4.32. The van der Waals surface area contributed by atoms with Crippen molar-refractivity contribution in [2.45, 2.75) is 13.8 Å². The van der Waals surface area contributed by atoms with Gasteiger partial charge in [-0.15, -0.1) is 0 Å². The van der Waals surface area contributed by atoms with Crippen LogP contribution in [0.5, 0.6) is 0 Å². The van der Waals surface area contributed by atoms with Gasteiger partial charge in [-0.1, -0.05) is 36.4 Å². The Balaban J connectivity index is 1.96. The van der Waals surface area contributed by atoms with E-state index in [1.54, 1.807) is 0 Å². The second-order valence-corrected chi connectivity index (χ2v) is 6.15. The third-order valence-corrected chi connectivity index (χ3v) is 4.32.